The first-order valence-corrected chi connectivity index (χ1v) is 13.1. The molecule has 2 aromatic heterocycles. The molecule has 0 saturated carbocycles. The number of rotatable bonds is 10. The van der Waals surface area contributed by atoms with Crippen molar-refractivity contribution in [2.45, 2.75) is 37.1 Å². The molecule has 36 heavy (non-hydrogen) atoms. The highest BCUT2D eigenvalue weighted by molar-refractivity contribution is 7.90. The Hall–Kier alpha value is -3.48. The van der Waals surface area contributed by atoms with Gasteiger partial charge in [-0.2, -0.15) is 0 Å². The second-order valence-electron chi connectivity index (χ2n) is 8.48. The number of nitrogens with zero attached hydrogens (tertiary/aromatic N) is 3. The zero-order valence-electron chi connectivity index (χ0n) is 20.3. The molecule has 12 heteroatoms. The van der Waals surface area contributed by atoms with Crippen LogP contribution in [0, 0.1) is 0 Å². The van der Waals surface area contributed by atoms with Crippen LogP contribution in [0.4, 0.5) is 0 Å². The van der Waals surface area contributed by atoms with Gasteiger partial charge in [0, 0.05) is 30.7 Å². The Morgan fingerprint density at radius 2 is 1.89 bits per heavy atom. The fraction of sp³-hybridized carbons (Fsp3) is 0.375. The highest BCUT2D eigenvalue weighted by Gasteiger charge is 2.25. The molecule has 0 fully saturated rings. The third-order valence-electron chi connectivity index (χ3n) is 5.28. The Balaban J connectivity index is 1.63. The molecular weight excluding hydrogens is 488 g/mol. The number of hydrogen-bond acceptors (Lipinski definition) is 10. The van der Waals surface area contributed by atoms with Crippen LogP contribution in [0.1, 0.15) is 19.5 Å². The van der Waals surface area contributed by atoms with E-state index < -0.39 is 15.9 Å². The van der Waals surface area contributed by atoms with E-state index in [1.54, 1.807) is 26.2 Å². The van der Waals surface area contributed by atoms with E-state index in [-0.39, 0.29) is 23.1 Å². The lowest BCUT2D eigenvalue weighted by Gasteiger charge is -2.16. The summed E-state index contributed by atoms with van der Waals surface area (Å²) in [5.41, 5.74) is 2.19. The largest absolute Gasteiger partial charge is 0.488 e. The molecule has 4 rings (SSSR count). The standard InChI is InChI=1S/C24H28N4O7S/c1-14(12-32-3)34-17-7-16(19-5-6-20(27-19)24-28-21(13-33-24)15(2)29)8-18(9-17)35-22-10-26-23(11-25-22)36(4,30)31/h5-11,14-15,21,27,29H,12-13H2,1-4H3/t14-,15?,21-/m0/s1. The minimum atomic E-state index is -3.47. The number of ether oxygens (including phenoxy) is 4. The van der Waals surface area contributed by atoms with E-state index in [0.717, 1.165) is 23.7 Å². The summed E-state index contributed by atoms with van der Waals surface area (Å²) in [4.78, 5) is 15.7. The Morgan fingerprint density at radius 3 is 2.53 bits per heavy atom. The number of benzene rings is 1. The fourth-order valence-corrected chi connectivity index (χ4v) is 3.98. The van der Waals surface area contributed by atoms with E-state index in [2.05, 4.69) is 19.9 Å². The number of methoxy groups -OCH3 is 1. The van der Waals surface area contributed by atoms with Crippen LogP contribution in [0.3, 0.4) is 0 Å². The van der Waals surface area contributed by atoms with Crippen molar-refractivity contribution in [2.75, 3.05) is 26.6 Å². The maximum absolute atomic E-state index is 11.6. The summed E-state index contributed by atoms with van der Waals surface area (Å²) < 4.78 is 46.0. The van der Waals surface area contributed by atoms with Gasteiger partial charge in [0.2, 0.25) is 11.8 Å². The van der Waals surface area contributed by atoms with E-state index in [9.17, 15) is 13.5 Å². The smallest absolute Gasteiger partial charge is 0.237 e. The summed E-state index contributed by atoms with van der Waals surface area (Å²) in [5, 5.41) is 9.63. The zero-order chi connectivity index (χ0) is 25.9. The molecule has 3 atom stereocenters. The van der Waals surface area contributed by atoms with E-state index >= 15 is 0 Å². The van der Waals surface area contributed by atoms with Gasteiger partial charge < -0.3 is 29.0 Å². The first kappa shape index (κ1) is 25.6. The second-order valence-corrected chi connectivity index (χ2v) is 10.4. The van der Waals surface area contributed by atoms with Gasteiger partial charge in [-0.15, -0.1) is 0 Å². The van der Waals surface area contributed by atoms with E-state index in [1.165, 1.54) is 6.20 Å². The molecule has 3 aromatic rings. The average Bonchev–Trinajstić information content (AvgIpc) is 3.49. The van der Waals surface area contributed by atoms with E-state index in [0.29, 0.717) is 36.3 Å². The van der Waals surface area contributed by atoms with Gasteiger partial charge in [0.15, 0.2) is 14.9 Å². The number of aliphatic imine (C=N–C) groups is 1. The van der Waals surface area contributed by atoms with Gasteiger partial charge >= 0.3 is 0 Å². The summed E-state index contributed by atoms with van der Waals surface area (Å²) in [6.45, 7) is 4.27. The van der Waals surface area contributed by atoms with Crippen LogP contribution in [0.5, 0.6) is 17.4 Å². The quantitative estimate of drug-likeness (QED) is 0.415. The molecule has 1 aromatic carbocycles. The summed E-state index contributed by atoms with van der Waals surface area (Å²) in [6.07, 6.45) is 2.63. The molecule has 0 amide bonds. The van der Waals surface area contributed by atoms with E-state index in [4.69, 9.17) is 18.9 Å². The van der Waals surface area contributed by atoms with Crippen molar-refractivity contribution >= 4 is 15.7 Å². The predicted octanol–water partition coefficient (Wildman–Crippen LogP) is 2.61. The third kappa shape index (κ3) is 6.20. The molecule has 0 saturated heterocycles. The van der Waals surface area contributed by atoms with Gasteiger partial charge in [-0.3, -0.25) is 0 Å². The maximum atomic E-state index is 11.6. The Morgan fingerprint density at radius 1 is 1.14 bits per heavy atom. The first-order valence-electron chi connectivity index (χ1n) is 11.2. The SMILES string of the molecule is COC[C@H](C)Oc1cc(Oc2cnc(S(C)(=O)=O)cn2)cc(-c2ccc(C3=N[C@H](C(C)O)CO3)[nH]2)c1. The summed E-state index contributed by atoms with van der Waals surface area (Å²) in [7, 11) is -1.88. The van der Waals surface area contributed by atoms with Crippen LogP contribution in [-0.4, -0.2) is 79.2 Å². The van der Waals surface area contributed by atoms with Gasteiger partial charge in [0.1, 0.15) is 35.9 Å². The maximum Gasteiger partial charge on any atom is 0.237 e. The molecule has 2 N–H and O–H groups in total. The molecule has 3 heterocycles. The van der Waals surface area contributed by atoms with Gasteiger partial charge in [-0.25, -0.2) is 23.4 Å². The second kappa shape index (κ2) is 10.6. The number of aliphatic hydroxyl groups is 1. The van der Waals surface area contributed by atoms with Crippen LogP contribution in [-0.2, 0) is 19.3 Å². The van der Waals surface area contributed by atoms with Crippen molar-refractivity contribution in [2.24, 2.45) is 4.99 Å². The summed E-state index contributed by atoms with van der Waals surface area (Å²) in [5.74, 6) is 1.51. The lowest BCUT2D eigenvalue weighted by Crippen LogP contribution is -2.21. The topological polar surface area (TPSA) is 145 Å². The van der Waals surface area contributed by atoms with Gasteiger partial charge in [-0.05, 0) is 38.1 Å². The van der Waals surface area contributed by atoms with Crippen LogP contribution < -0.4 is 9.47 Å². The molecule has 0 aliphatic carbocycles. The molecule has 1 aliphatic rings. The zero-order valence-corrected chi connectivity index (χ0v) is 21.2. The highest BCUT2D eigenvalue weighted by Crippen LogP contribution is 2.32. The van der Waals surface area contributed by atoms with Crippen molar-refractivity contribution < 1.29 is 32.5 Å². The Labute approximate surface area is 209 Å². The van der Waals surface area contributed by atoms with Gasteiger partial charge in [0.25, 0.3) is 0 Å². The van der Waals surface area contributed by atoms with Crippen LogP contribution in [0.15, 0.2) is 52.7 Å². The third-order valence-corrected chi connectivity index (χ3v) is 6.25. The predicted molar refractivity (Wildman–Crippen MR) is 131 cm³/mol. The summed E-state index contributed by atoms with van der Waals surface area (Å²) >= 11 is 0. The molecule has 11 nitrogen and oxygen atoms in total. The fourth-order valence-electron chi connectivity index (χ4n) is 3.50. The molecule has 0 bridgehead atoms. The highest BCUT2D eigenvalue weighted by atomic mass is 32.2. The lowest BCUT2D eigenvalue weighted by atomic mass is 10.1. The van der Waals surface area contributed by atoms with Crippen molar-refractivity contribution in [1.82, 2.24) is 15.0 Å². The lowest BCUT2D eigenvalue weighted by molar-refractivity contribution is 0.0920. The Bertz CT molecular complexity index is 1340. The van der Waals surface area contributed by atoms with Gasteiger partial charge in [0.05, 0.1) is 25.1 Å². The number of H-pyrrole nitrogens is 1. The van der Waals surface area contributed by atoms with Crippen LogP contribution in [0.25, 0.3) is 11.3 Å². The summed E-state index contributed by atoms with van der Waals surface area (Å²) in [6, 6.07) is 8.74. The molecule has 1 aliphatic heterocycles. The van der Waals surface area contributed by atoms with Crippen LogP contribution >= 0.6 is 0 Å². The minimum Gasteiger partial charge on any atom is -0.488 e. The average molecular weight is 517 g/mol. The molecule has 192 valence electrons. The number of nitrogens with one attached hydrogen (secondary N) is 1. The van der Waals surface area contributed by atoms with Crippen LogP contribution in [0.2, 0.25) is 0 Å². The van der Waals surface area contributed by atoms with Crippen molar-refractivity contribution in [3.05, 3.63) is 48.4 Å². The first-order chi connectivity index (χ1) is 17.1. The number of hydrogen-bond donors (Lipinski definition) is 2. The molecule has 0 radical (unpaired) electrons. The minimum absolute atomic E-state index is 0.125. The molecule has 0 spiro atoms. The number of aromatic nitrogens is 3. The number of aliphatic hydroxyl groups excluding tert-OH is 1. The van der Waals surface area contributed by atoms with Gasteiger partial charge in [-0.1, -0.05) is 0 Å². The Kier molecular flexibility index (Phi) is 7.57. The normalized spacial score (nSPS) is 17.2. The van der Waals surface area contributed by atoms with Crippen molar-refractivity contribution in [1.29, 1.82) is 0 Å². The monoisotopic (exact) mass is 516 g/mol. The van der Waals surface area contributed by atoms with Crippen molar-refractivity contribution in [3.8, 4) is 28.6 Å². The van der Waals surface area contributed by atoms with Crippen molar-refractivity contribution in [3.63, 3.8) is 0 Å². The molecule has 1 unspecified atom stereocenters. The van der Waals surface area contributed by atoms with E-state index in [1.807, 2.05) is 25.1 Å². The number of aromatic amines is 1. The number of sulfone groups is 1. The molecular formula is C24H28N4O7S.